The van der Waals surface area contributed by atoms with Crippen LogP contribution in [0.5, 0.6) is 5.75 Å². The van der Waals surface area contributed by atoms with Crippen LogP contribution in [0.4, 0.5) is 5.69 Å². The highest BCUT2D eigenvalue weighted by molar-refractivity contribution is 7.92. The highest BCUT2D eigenvalue weighted by Gasteiger charge is 2.35. The van der Waals surface area contributed by atoms with Gasteiger partial charge in [-0.1, -0.05) is 61.0 Å². The van der Waals surface area contributed by atoms with Crippen molar-refractivity contribution in [3.8, 4) is 5.75 Å². The fraction of sp³-hybridized carbons (Fsp3) is 0.355. The molecule has 220 valence electrons. The molecule has 3 aromatic carbocycles. The van der Waals surface area contributed by atoms with Gasteiger partial charge in [0.2, 0.25) is 11.8 Å². The molecule has 0 radical (unpaired) electrons. The number of benzene rings is 3. The number of ether oxygens (including phenoxy) is 1. The summed E-state index contributed by atoms with van der Waals surface area (Å²) in [6.45, 7) is 8.65. The van der Waals surface area contributed by atoms with Gasteiger partial charge in [0.25, 0.3) is 10.0 Å². The number of nitrogens with zero attached hydrogens (tertiary/aromatic N) is 2. The molecule has 0 saturated heterocycles. The van der Waals surface area contributed by atoms with Gasteiger partial charge in [-0.25, -0.2) is 8.42 Å². The number of halogens is 1. The molecule has 0 aliphatic carbocycles. The minimum absolute atomic E-state index is 0.0127. The molecule has 0 aliphatic rings. The Hall–Kier alpha value is -3.56. The number of anilines is 1. The summed E-state index contributed by atoms with van der Waals surface area (Å²) in [5, 5.41) is 3.39. The van der Waals surface area contributed by atoms with Gasteiger partial charge in [-0.3, -0.25) is 13.9 Å². The predicted molar refractivity (Wildman–Crippen MR) is 163 cm³/mol. The summed E-state index contributed by atoms with van der Waals surface area (Å²) in [6, 6.07) is 19.2. The number of hydrogen-bond acceptors (Lipinski definition) is 5. The first kappa shape index (κ1) is 32.0. The summed E-state index contributed by atoms with van der Waals surface area (Å²) >= 11 is 6.46. The molecule has 0 saturated carbocycles. The maximum absolute atomic E-state index is 14.2. The minimum Gasteiger partial charge on any atom is -0.495 e. The number of carbonyl (C=O) groups excluding carboxylic acids is 2. The van der Waals surface area contributed by atoms with E-state index in [4.69, 9.17) is 16.3 Å². The van der Waals surface area contributed by atoms with E-state index in [-0.39, 0.29) is 28.8 Å². The maximum atomic E-state index is 14.2. The first-order valence-electron chi connectivity index (χ1n) is 13.4. The number of methoxy groups -OCH3 is 1. The zero-order valence-electron chi connectivity index (χ0n) is 24.3. The molecule has 0 fully saturated rings. The summed E-state index contributed by atoms with van der Waals surface area (Å²) in [5.41, 5.74) is 1.09. The molecule has 1 N–H and O–H groups in total. The third kappa shape index (κ3) is 8.01. The van der Waals surface area contributed by atoms with Crippen LogP contribution in [0.2, 0.25) is 5.02 Å². The van der Waals surface area contributed by atoms with Gasteiger partial charge >= 0.3 is 0 Å². The van der Waals surface area contributed by atoms with E-state index in [1.54, 1.807) is 60.7 Å². The smallest absolute Gasteiger partial charge is 0.264 e. The van der Waals surface area contributed by atoms with Crippen LogP contribution < -0.4 is 14.4 Å². The highest BCUT2D eigenvalue weighted by Crippen LogP contribution is 2.34. The molecule has 8 nitrogen and oxygen atoms in total. The monoisotopic (exact) mass is 599 g/mol. The molecule has 10 heteroatoms. The Morgan fingerprint density at radius 2 is 1.63 bits per heavy atom. The molecule has 0 aliphatic heterocycles. The molecule has 41 heavy (non-hydrogen) atoms. The molecular formula is C31H38ClN3O5S. The molecule has 0 aromatic heterocycles. The van der Waals surface area contributed by atoms with Crippen LogP contribution in [0.3, 0.4) is 0 Å². The second-order valence-corrected chi connectivity index (χ2v) is 13.0. The zero-order valence-corrected chi connectivity index (χ0v) is 25.9. The lowest BCUT2D eigenvalue weighted by molar-refractivity contribution is -0.141. The van der Waals surface area contributed by atoms with Crippen molar-refractivity contribution in [3.05, 3.63) is 88.9 Å². The van der Waals surface area contributed by atoms with E-state index in [0.29, 0.717) is 17.0 Å². The lowest BCUT2D eigenvalue weighted by Crippen LogP contribution is -2.55. The molecule has 2 amide bonds. The third-order valence-corrected chi connectivity index (χ3v) is 8.54. The van der Waals surface area contributed by atoms with Gasteiger partial charge in [-0.05, 0) is 75.6 Å². The van der Waals surface area contributed by atoms with Crippen molar-refractivity contribution in [1.29, 1.82) is 0 Å². The van der Waals surface area contributed by atoms with Crippen molar-refractivity contribution in [3.63, 3.8) is 0 Å². The fourth-order valence-electron chi connectivity index (χ4n) is 4.41. The van der Waals surface area contributed by atoms with Crippen LogP contribution in [0.1, 0.15) is 45.2 Å². The summed E-state index contributed by atoms with van der Waals surface area (Å²) in [6.07, 6.45) is 0.303. The van der Waals surface area contributed by atoms with Crippen LogP contribution in [0.15, 0.2) is 77.7 Å². The van der Waals surface area contributed by atoms with Gasteiger partial charge in [0.05, 0.1) is 17.7 Å². The van der Waals surface area contributed by atoms with Gasteiger partial charge in [0.1, 0.15) is 18.3 Å². The van der Waals surface area contributed by atoms with E-state index in [2.05, 4.69) is 5.32 Å². The minimum atomic E-state index is -4.22. The van der Waals surface area contributed by atoms with Crippen LogP contribution in [0.25, 0.3) is 0 Å². The third-order valence-electron chi connectivity index (χ3n) is 6.40. The first-order valence-corrected chi connectivity index (χ1v) is 15.2. The Morgan fingerprint density at radius 1 is 1.00 bits per heavy atom. The number of hydrogen-bond donors (Lipinski definition) is 1. The molecular weight excluding hydrogens is 562 g/mol. The number of rotatable bonds is 11. The SMILES string of the molecule is CCC(C(=O)NC(C)(C)C)N(Cc1ccccc1Cl)C(=O)CN(c1cc(C)ccc1OC)S(=O)(=O)c1ccccc1. The van der Waals surface area contributed by atoms with E-state index in [1.165, 1.54) is 24.1 Å². The van der Waals surface area contributed by atoms with Crippen LogP contribution in [-0.2, 0) is 26.2 Å². The van der Waals surface area contributed by atoms with E-state index in [1.807, 2.05) is 34.6 Å². The van der Waals surface area contributed by atoms with Crippen molar-refractivity contribution in [1.82, 2.24) is 10.2 Å². The van der Waals surface area contributed by atoms with Gasteiger partial charge in [-0.15, -0.1) is 0 Å². The lowest BCUT2D eigenvalue weighted by atomic mass is 10.1. The zero-order chi connectivity index (χ0) is 30.4. The van der Waals surface area contributed by atoms with Crippen molar-refractivity contribution < 1.29 is 22.7 Å². The lowest BCUT2D eigenvalue weighted by Gasteiger charge is -2.35. The average molecular weight is 600 g/mol. The second-order valence-electron chi connectivity index (χ2n) is 10.8. The largest absolute Gasteiger partial charge is 0.495 e. The van der Waals surface area contributed by atoms with E-state index in [9.17, 15) is 18.0 Å². The van der Waals surface area contributed by atoms with Crippen LogP contribution >= 0.6 is 11.6 Å². The van der Waals surface area contributed by atoms with E-state index >= 15 is 0 Å². The van der Waals surface area contributed by atoms with Crippen molar-refractivity contribution >= 4 is 39.1 Å². The molecule has 0 heterocycles. The Bertz CT molecular complexity index is 1470. The summed E-state index contributed by atoms with van der Waals surface area (Å²) in [4.78, 5) is 29.1. The number of nitrogens with one attached hydrogen (secondary N) is 1. The first-order chi connectivity index (χ1) is 19.3. The van der Waals surface area contributed by atoms with E-state index < -0.39 is 34.1 Å². The predicted octanol–water partition coefficient (Wildman–Crippen LogP) is 5.57. The quantitative estimate of drug-likeness (QED) is 0.311. The topological polar surface area (TPSA) is 96.0 Å². The average Bonchev–Trinajstić information content (AvgIpc) is 2.92. The van der Waals surface area contributed by atoms with Crippen molar-refractivity contribution in [2.24, 2.45) is 0 Å². The number of aryl methyl sites for hydroxylation is 1. The second kappa shape index (κ2) is 13.4. The van der Waals surface area contributed by atoms with Gasteiger partial charge in [0.15, 0.2) is 0 Å². The maximum Gasteiger partial charge on any atom is 0.264 e. The molecule has 0 bridgehead atoms. The van der Waals surface area contributed by atoms with Gasteiger partial charge in [0, 0.05) is 17.1 Å². The van der Waals surface area contributed by atoms with Gasteiger partial charge in [-0.2, -0.15) is 0 Å². The number of carbonyl (C=O) groups is 2. The molecule has 0 spiro atoms. The van der Waals surface area contributed by atoms with Crippen molar-refractivity contribution in [2.45, 2.75) is 64.1 Å². The molecule has 1 atom stereocenters. The summed E-state index contributed by atoms with van der Waals surface area (Å²) in [7, 11) is -2.77. The number of amides is 2. The Balaban J connectivity index is 2.14. The summed E-state index contributed by atoms with van der Waals surface area (Å²) in [5.74, 6) is -0.618. The Kier molecular flexibility index (Phi) is 10.4. The highest BCUT2D eigenvalue weighted by atomic mass is 35.5. The molecule has 1 unspecified atom stereocenters. The fourth-order valence-corrected chi connectivity index (χ4v) is 6.04. The van der Waals surface area contributed by atoms with Gasteiger partial charge < -0.3 is 15.0 Å². The van der Waals surface area contributed by atoms with Crippen LogP contribution in [0, 0.1) is 6.92 Å². The van der Waals surface area contributed by atoms with Crippen molar-refractivity contribution in [2.75, 3.05) is 18.0 Å². The Labute approximate surface area is 248 Å². The Morgan fingerprint density at radius 3 is 2.22 bits per heavy atom. The molecule has 3 aromatic rings. The van der Waals surface area contributed by atoms with E-state index in [0.717, 1.165) is 9.87 Å². The number of sulfonamides is 1. The standard InChI is InChI=1S/C31H38ClN3O5S/c1-7-26(30(37)33-31(3,4)5)34(20-23-13-11-12-16-25(23)32)29(36)21-35(27-19-22(2)17-18-28(27)40-6)41(38,39)24-14-9-8-10-15-24/h8-19,26H,7,20-21H2,1-6H3,(H,33,37). The normalized spacial score (nSPS) is 12.4. The van der Waals surface area contributed by atoms with Crippen LogP contribution in [-0.4, -0.2) is 50.4 Å². The summed E-state index contributed by atoms with van der Waals surface area (Å²) < 4.78 is 34.6. The molecule has 3 rings (SSSR count).